The van der Waals surface area contributed by atoms with Crippen LogP contribution in [0.3, 0.4) is 0 Å². The number of hydrogen-bond acceptors (Lipinski definition) is 4. The molecule has 1 amide bonds. The molecule has 0 aliphatic carbocycles. The third-order valence-corrected chi connectivity index (χ3v) is 4.93. The Morgan fingerprint density at radius 3 is 1.76 bits per heavy atom. The van der Waals surface area contributed by atoms with Gasteiger partial charge in [0.05, 0.1) is 0 Å². The first-order chi connectivity index (χ1) is 13.5. The fourth-order valence-corrected chi connectivity index (χ4v) is 3.34. The molecule has 5 nitrogen and oxygen atoms in total. The molecule has 0 saturated heterocycles. The van der Waals surface area contributed by atoms with E-state index in [0.717, 1.165) is 19.3 Å². The van der Waals surface area contributed by atoms with Gasteiger partial charge in [-0.3, -0.25) is 9.59 Å². The highest BCUT2D eigenvalue weighted by atomic mass is 35.5. The van der Waals surface area contributed by atoms with Crippen LogP contribution in [0.25, 0.3) is 0 Å². The quantitative estimate of drug-likeness (QED) is 0.246. The average Bonchev–Trinajstić information content (AvgIpc) is 2.60. The first-order valence-corrected chi connectivity index (χ1v) is 11.4. The standard InChI is InChI=1S/C17H30F3NO3S.C2H3ClO/c1-2-3-4-5-6-7-8-9-10-11-12-25-13-14(15(22)23)21-16(24)17(18,19)20;1-2(3)4/h14H,2-13H2,1H3,(H,21,24)(H,22,23);1H3/t14-;/m0./s1. The topological polar surface area (TPSA) is 83.5 Å². The second-order valence-electron chi connectivity index (χ2n) is 6.59. The van der Waals surface area contributed by atoms with Gasteiger partial charge in [-0.2, -0.15) is 24.9 Å². The zero-order valence-corrected chi connectivity index (χ0v) is 18.7. The number of hydrogen-bond donors (Lipinski definition) is 2. The number of carboxylic acid groups (broad SMARTS) is 1. The summed E-state index contributed by atoms with van der Waals surface area (Å²) in [6.07, 6.45) is 6.86. The zero-order chi connectivity index (χ0) is 22.7. The molecule has 2 N–H and O–H groups in total. The van der Waals surface area contributed by atoms with Crippen molar-refractivity contribution in [2.24, 2.45) is 0 Å². The van der Waals surface area contributed by atoms with Crippen LogP contribution in [0.15, 0.2) is 0 Å². The summed E-state index contributed by atoms with van der Waals surface area (Å²) < 4.78 is 36.4. The van der Waals surface area contributed by atoms with Crippen LogP contribution in [-0.2, 0) is 14.4 Å². The lowest BCUT2D eigenvalue weighted by molar-refractivity contribution is -0.175. The third kappa shape index (κ3) is 23.2. The molecule has 1 atom stereocenters. The smallest absolute Gasteiger partial charge is 0.471 e. The van der Waals surface area contributed by atoms with Gasteiger partial charge in [0, 0.05) is 12.7 Å². The van der Waals surface area contributed by atoms with E-state index >= 15 is 0 Å². The van der Waals surface area contributed by atoms with Crippen molar-refractivity contribution in [2.75, 3.05) is 11.5 Å². The lowest BCUT2D eigenvalue weighted by atomic mass is 10.1. The van der Waals surface area contributed by atoms with Crippen molar-refractivity contribution in [3.05, 3.63) is 0 Å². The predicted octanol–water partition coefficient (Wildman–Crippen LogP) is 5.54. The fourth-order valence-electron chi connectivity index (χ4n) is 2.31. The monoisotopic (exact) mass is 463 g/mol. The van der Waals surface area contributed by atoms with Crippen molar-refractivity contribution in [3.8, 4) is 0 Å². The molecular formula is C19H33ClF3NO4S. The van der Waals surface area contributed by atoms with E-state index in [1.807, 2.05) is 0 Å². The summed E-state index contributed by atoms with van der Waals surface area (Å²) in [7, 11) is 0. The van der Waals surface area contributed by atoms with E-state index in [1.54, 1.807) is 0 Å². The molecule has 10 heteroatoms. The number of rotatable bonds is 15. The highest BCUT2D eigenvalue weighted by Gasteiger charge is 2.40. The number of alkyl halides is 3. The Morgan fingerprint density at radius 2 is 1.38 bits per heavy atom. The van der Waals surface area contributed by atoms with Gasteiger partial charge in [-0.15, -0.1) is 0 Å². The number of nitrogens with one attached hydrogen (secondary N) is 1. The summed E-state index contributed by atoms with van der Waals surface area (Å²) in [4.78, 5) is 30.9. The fraction of sp³-hybridized carbons (Fsp3) is 0.842. The molecule has 0 bridgehead atoms. The van der Waals surface area contributed by atoms with Crippen molar-refractivity contribution in [1.29, 1.82) is 0 Å². The molecule has 0 fully saturated rings. The molecule has 0 aliphatic rings. The predicted molar refractivity (Wildman–Crippen MR) is 111 cm³/mol. The second kappa shape index (κ2) is 19.0. The van der Waals surface area contributed by atoms with Crippen LogP contribution in [0.4, 0.5) is 13.2 Å². The number of carbonyl (C=O) groups excluding carboxylic acids is 2. The Morgan fingerprint density at radius 1 is 0.966 bits per heavy atom. The number of carboxylic acids is 1. The van der Waals surface area contributed by atoms with E-state index in [1.165, 1.54) is 68.9 Å². The summed E-state index contributed by atoms with van der Waals surface area (Å²) in [6, 6.07) is -1.51. The summed E-state index contributed by atoms with van der Waals surface area (Å²) >= 11 is 5.89. The van der Waals surface area contributed by atoms with E-state index in [2.05, 4.69) is 18.5 Å². The number of aliphatic carboxylic acids is 1. The van der Waals surface area contributed by atoms with Crippen molar-refractivity contribution in [1.82, 2.24) is 5.32 Å². The summed E-state index contributed by atoms with van der Waals surface area (Å²) in [5, 5.41) is 10.0. The number of thioether (sulfide) groups is 1. The van der Waals surface area contributed by atoms with Crippen LogP contribution in [0.5, 0.6) is 0 Å². The van der Waals surface area contributed by atoms with Crippen LogP contribution in [0, 0.1) is 0 Å². The first kappa shape index (κ1) is 30.2. The lowest BCUT2D eigenvalue weighted by Gasteiger charge is -2.15. The van der Waals surface area contributed by atoms with Crippen molar-refractivity contribution >= 4 is 40.5 Å². The van der Waals surface area contributed by atoms with E-state index in [4.69, 9.17) is 5.11 Å². The van der Waals surface area contributed by atoms with Gasteiger partial charge in [0.1, 0.15) is 6.04 Å². The molecule has 172 valence electrons. The largest absolute Gasteiger partial charge is 0.480 e. The van der Waals surface area contributed by atoms with Gasteiger partial charge in [0.25, 0.3) is 0 Å². The molecule has 0 spiro atoms. The molecule has 0 saturated carbocycles. The first-order valence-electron chi connectivity index (χ1n) is 9.86. The Kier molecular flexibility index (Phi) is 19.8. The second-order valence-corrected chi connectivity index (χ2v) is 8.27. The maximum absolute atomic E-state index is 12.1. The van der Waals surface area contributed by atoms with E-state index < -0.39 is 24.1 Å². The summed E-state index contributed by atoms with van der Waals surface area (Å²) in [5.74, 6) is -3.04. The van der Waals surface area contributed by atoms with Crippen LogP contribution < -0.4 is 5.32 Å². The number of carbonyl (C=O) groups is 3. The molecule has 0 radical (unpaired) electrons. The van der Waals surface area contributed by atoms with E-state index in [-0.39, 0.29) is 11.0 Å². The zero-order valence-electron chi connectivity index (χ0n) is 17.2. The normalized spacial score (nSPS) is 11.9. The van der Waals surface area contributed by atoms with Gasteiger partial charge >= 0.3 is 18.1 Å². The van der Waals surface area contributed by atoms with Crippen molar-refractivity contribution in [2.45, 2.75) is 90.3 Å². The van der Waals surface area contributed by atoms with Gasteiger partial charge in [0.15, 0.2) is 0 Å². The van der Waals surface area contributed by atoms with Crippen LogP contribution >= 0.6 is 23.4 Å². The van der Waals surface area contributed by atoms with Gasteiger partial charge < -0.3 is 10.4 Å². The van der Waals surface area contributed by atoms with Crippen LogP contribution in [-0.4, -0.2) is 45.9 Å². The molecule has 0 unspecified atom stereocenters. The minimum absolute atomic E-state index is 0.0609. The molecule has 0 aromatic carbocycles. The summed E-state index contributed by atoms with van der Waals surface area (Å²) in [6.45, 7) is 3.49. The lowest BCUT2D eigenvalue weighted by Crippen LogP contribution is -2.48. The minimum atomic E-state index is -5.06. The maximum atomic E-state index is 12.1. The van der Waals surface area contributed by atoms with Gasteiger partial charge in [-0.05, 0) is 23.8 Å². The Labute approximate surface area is 180 Å². The average molecular weight is 464 g/mol. The molecule has 0 heterocycles. The molecular weight excluding hydrogens is 431 g/mol. The van der Waals surface area contributed by atoms with Crippen molar-refractivity contribution in [3.63, 3.8) is 0 Å². The maximum Gasteiger partial charge on any atom is 0.471 e. The number of amides is 1. The number of halogens is 4. The SMILES string of the molecule is CC(=O)Cl.CCCCCCCCCCCCSC[C@H](NC(=O)C(F)(F)F)C(=O)O. The Balaban J connectivity index is 0. The Hall–Kier alpha value is -0.960. The number of unbranched alkanes of at least 4 members (excludes halogenated alkanes) is 9. The van der Waals surface area contributed by atoms with Crippen LogP contribution in [0.1, 0.15) is 78.1 Å². The van der Waals surface area contributed by atoms with Gasteiger partial charge in [-0.1, -0.05) is 64.7 Å². The summed E-state index contributed by atoms with van der Waals surface area (Å²) in [5.41, 5.74) is 0. The van der Waals surface area contributed by atoms with Crippen LogP contribution in [0.2, 0.25) is 0 Å². The minimum Gasteiger partial charge on any atom is -0.480 e. The molecule has 0 aromatic rings. The molecule has 29 heavy (non-hydrogen) atoms. The Bertz CT molecular complexity index is 461. The van der Waals surface area contributed by atoms with E-state index in [0.29, 0.717) is 5.75 Å². The van der Waals surface area contributed by atoms with Crippen molar-refractivity contribution < 1.29 is 32.7 Å². The molecule has 0 aromatic heterocycles. The highest BCUT2D eigenvalue weighted by Crippen LogP contribution is 2.16. The third-order valence-electron chi connectivity index (χ3n) is 3.79. The molecule has 0 aliphatic heterocycles. The van der Waals surface area contributed by atoms with E-state index in [9.17, 15) is 27.6 Å². The van der Waals surface area contributed by atoms with Gasteiger partial charge in [0.2, 0.25) is 5.24 Å². The highest BCUT2D eigenvalue weighted by molar-refractivity contribution is 7.99. The van der Waals surface area contributed by atoms with Gasteiger partial charge in [-0.25, -0.2) is 4.79 Å². The molecule has 0 rings (SSSR count).